The lowest BCUT2D eigenvalue weighted by molar-refractivity contribution is -0.116. The van der Waals surface area contributed by atoms with Crippen LogP contribution >= 0.6 is 0 Å². The molecule has 8 nitrogen and oxygen atoms in total. The van der Waals surface area contributed by atoms with Crippen LogP contribution in [-0.4, -0.2) is 32.5 Å². The topological polar surface area (TPSA) is 102 Å². The monoisotopic (exact) mass is 439 g/mol. The molecule has 1 amide bonds. The van der Waals surface area contributed by atoms with Gasteiger partial charge in [0.1, 0.15) is 0 Å². The van der Waals surface area contributed by atoms with Crippen LogP contribution < -0.4 is 10.2 Å². The second kappa shape index (κ2) is 8.91. The zero-order chi connectivity index (χ0) is 22.8. The maximum Gasteiger partial charge on any atom is 0.370 e. The van der Waals surface area contributed by atoms with Gasteiger partial charge >= 0.3 is 5.96 Å². The summed E-state index contributed by atoms with van der Waals surface area (Å²) in [5.41, 5.74) is 7.01. The first-order valence-corrected chi connectivity index (χ1v) is 11.2. The highest BCUT2D eigenvalue weighted by Gasteiger charge is 2.44. The number of fused-ring (bicyclic) bond motifs is 1. The molecule has 3 aromatic rings. The van der Waals surface area contributed by atoms with E-state index in [9.17, 15) is 4.79 Å². The van der Waals surface area contributed by atoms with Crippen LogP contribution in [0.1, 0.15) is 38.7 Å². The number of aromatic amines is 1. The van der Waals surface area contributed by atoms with Gasteiger partial charge in [0.15, 0.2) is 17.2 Å². The number of hydrogen-bond donors (Lipinski definition) is 2. The molecule has 1 radical (unpaired) electrons. The Hall–Kier alpha value is -3.91. The molecule has 8 heteroatoms. The number of rotatable bonds is 7. The SMILES string of the molecule is CCCCC1=C(Cc2ccc(-c3ccccc3-c3nnn[nH]3)cc2)C(=O)NC2=NC=C(C)[N+]21. The number of hydrogen-bond acceptors (Lipinski definition) is 6. The van der Waals surface area contributed by atoms with Gasteiger partial charge in [-0.1, -0.05) is 61.9 Å². The molecule has 165 valence electrons. The summed E-state index contributed by atoms with van der Waals surface area (Å²) < 4.78 is 0. The van der Waals surface area contributed by atoms with E-state index in [2.05, 4.69) is 73.1 Å². The molecule has 2 N–H and O–H groups in total. The summed E-state index contributed by atoms with van der Waals surface area (Å²) in [4.78, 5) is 19.4. The molecule has 0 saturated carbocycles. The molecule has 0 saturated heterocycles. The van der Waals surface area contributed by atoms with Gasteiger partial charge in [-0.15, -0.1) is 5.10 Å². The molecule has 2 aliphatic heterocycles. The predicted octanol–water partition coefficient (Wildman–Crippen LogP) is 4.02. The first-order chi connectivity index (χ1) is 16.2. The van der Waals surface area contributed by atoms with Crippen LogP contribution in [0, 0.1) is 0 Å². The van der Waals surface area contributed by atoms with Gasteiger partial charge in [0.05, 0.1) is 11.8 Å². The molecule has 33 heavy (non-hydrogen) atoms. The number of carbonyl (C=O) groups excluding carboxylic acids is 1. The minimum absolute atomic E-state index is 0.0635. The number of aliphatic imine (C=N–C) groups is 1. The van der Waals surface area contributed by atoms with E-state index < -0.39 is 0 Å². The third kappa shape index (κ3) is 4.01. The number of amides is 1. The van der Waals surface area contributed by atoms with Crippen molar-refractivity contribution in [3.05, 3.63) is 77.3 Å². The average molecular weight is 440 g/mol. The molecular weight excluding hydrogens is 414 g/mol. The zero-order valence-electron chi connectivity index (χ0n) is 18.7. The predicted molar refractivity (Wildman–Crippen MR) is 127 cm³/mol. The summed E-state index contributed by atoms with van der Waals surface area (Å²) in [6.07, 6.45) is 5.31. The molecule has 1 aromatic heterocycles. The van der Waals surface area contributed by atoms with E-state index in [-0.39, 0.29) is 5.91 Å². The highest BCUT2D eigenvalue weighted by atomic mass is 16.2. The fraction of sp³-hybridized carbons (Fsp3) is 0.240. The van der Waals surface area contributed by atoms with Gasteiger partial charge in [0.25, 0.3) is 5.91 Å². The van der Waals surface area contributed by atoms with Crippen LogP contribution in [0.4, 0.5) is 0 Å². The van der Waals surface area contributed by atoms with E-state index >= 15 is 0 Å². The summed E-state index contributed by atoms with van der Waals surface area (Å²) in [7, 11) is 0. The molecule has 2 aliphatic rings. The molecular formula is C25H25N7O+. The van der Waals surface area contributed by atoms with Crippen LogP contribution in [0.3, 0.4) is 0 Å². The van der Waals surface area contributed by atoms with E-state index in [4.69, 9.17) is 0 Å². The normalized spacial score (nSPS) is 15.9. The Kier molecular flexibility index (Phi) is 5.66. The Bertz CT molecular complexity index is 1270. The smallest absolute Gasteiger partial charge is 0.269 e. The third-order valence-electron chi connectivity index (χ3n) is 6.00. The quantitative estimate of drug-likeness (QED) is 0.543. The number of carbonyl (C=O) groups is 1. The maximum absolute atomic E-state index is 13.0. The number of aromatic nitrogens is 4. The number of nitrogens with zero attached hydrogens (tertiary/aromatic N) is 5. The molecule has 0 aliphatic carbocycles. The minimum Gasteiger partial charge on any atom is -0.269 e. The van der Waals surface area contributed by atoms with E-state index in [0.717, 1.165) is 58.5 Å². The molecule has 0 bridgehead atoms. The van der Waals surface area contributed by atoms with Crippen molar-refractivity contribution in [2.24, 2.45) is 4.99 Å². The van der Waals surface area contributed by atoms with Crippen molar-refractivity contribution in [2.45, 2.75) is 39.5 Å². The molecule has 0 fully saturated rings. The second-order valence-corrected chi connectivity index (χ2v) is 8.21. The van der Waals surface area contributed by atoms with Crippen molar-refractivity contribution < 1.29 is 4.79 Å². The average Bonchev–Trinajstić information content (AvgIpc) is 3.50. The highest BCUT2D eigenvalue weighted by Crippen LogP contribution is 2.31. The molecule has 2 aromatic carbocycles. The van der Waals surface area contributed by atoms with Crippen LogP contribution in [0.2, 0.25) is 0 Å². The Morgan fingerprint density at radius 2 is 1.82 bits per heavy atom. The highest BCUT2D eigenvalue weighted by molar-refractivity contribution is 6.11. The molecule has 0 spiro atoms. The van der Waals surface area contributed by atoms with Gasteiger partial charge in [-0.05, 0) is 38.4 Å². The lowest BCUT2D eigenvalue weighted by Gasteiger charge is -2.21. The fourth-order valence-electron chi connectivity index (χ4n) is 4.32. The number of benzene rings is 2. The number of H-pyrrole nitrogens is 1. The molecule has 0 atom stereocenters. The van der Waals surface area contributed by atoms with Crippen molar-refractivity contribution in [1.82, 2.24) is 30.8 Å². The zero-order valence-corrected chi connectivity index (χ0v) is 18.7. The van der Waals surface area contributed by atoms with Gasteiger partial charge in [0, 0.05) is 25.3 Å². The van der Waals surface area contributed by atoms with Gasteiger partial charge < -0.3 is 0 Å². The number of nitrogens with one attached hydrogen (secondary N) is 2. The van der Waals surface area contributed by atoms with E-state index in [1.165, 1.54) is 0 Å². The standard InChI is InChI=1S/C25H25N7O/c1-3-4-9-22-21(24(33)27-25-26-15-16(2)32(22)25)14-17-10-12-18(13-11-17)19-7-5-6-8-20(19)23-28-30-31-29-23/h5-8,10-13,15H,3-4,9,14H2,1-2H3,(H,26,27,33)(H,28,29,30,31)/q+1. The summed E-state index contributed by atoms with van der Waals surface area (Å²) in [6, 6.07) is 16.3. The first kappa shape index (κ1) is 21.0. The Morgan fingerprint density at radius 3 is 2.55 bits per heavy atom. The summed E-state index contributed by atoms with van der Waals surface area (Å²) in [5.74, 6) is 1.18. The van der Waals surface area contributed by atoms with Crippen LogP contribution in [-0.2, 0) is 11.2 Å². The lowest BCUT2D eigenvalue weighted by Crippen LogP contribution is -2.50. The van der Waals surface area contributed by atoms with Gasteiger partial charge in [-0.2, -0.15) is 4.99 Å². The van der Waals surface area contributed by atoms with E-state index in [1.807, 2.05) is 25.1 Å². The van der Waals surface area contributed by atoms with Crippen molar-refractivity contribution in [1.29, 1.82) is 0 Å². The molecule has 3 heterocycles. The maximum atomic E-state index is 13.0. The third-order valence-corrected chi connectivity index (χ3v) is 6.00. The van der Waals surface area contributed by atoms with Gasteiger partial charge in [-0.3, -0.25) is 10.1 Å². The number of unbranched alkanes of at least 4 members (excludes halogenated alkanes) is 1. The molecule has 0 unspecified atom stereocenters. The van der Waals surface area contributed by atoms with Gasteiger partial charge in [0.2, 0.25) is 0 Å². The fourth-order valence-corrected chi connectivity index (χ4v) is 4.32. The van der Waals surface area contributed by atoms with E-state index in [1.54, 1.807) is 6.20 Å². The number of guanidine groups is 1. The van der Waals surface area contributed by atoms with E-state index in [0.29, 0.717) is 18.2 Å². The first-order valence-electron chi connectivity index (χ1n) is 11.2. The van der Waals surface area contributed by atoms with Crippen molar-refractivity contribution in [3.63, 3.8) is 0 Å². The minimum atomic E-state index is -0.0635. The van der Waals surface area contributed by atoms with Crippen molar-refractivity contribution in [3.8, 4) is 22.5 Å². The largest absolute Gasteiger partial charge is 0.370 e. The Labute approximate surface area is 192 Å². The van der Waals surface area contributed by atoms with Crippen molar-refractivity contribution in [2.75, 3.05) is 0 Å². The summed E-state index contributed by atoms with van der Waals surface area (Å²) in [5, 5.41) is 17.2. The summed E-state index contributed by atoms with van der Waals surface area (Å²) >= 11 is 0. The van der Waals surface area contributed by atoms with Crippen LogP contribution in [0.25, 0.3) is 22.5 Å². The second-order valence-electron chi connectivity index (χ2n) is 8.21. The number of tetrazole rings is 1. The Morgan fingerprint density at radius 1 is 1.03 bits per heavy atom. The summed E-state index contributed by atoms with van der Waals surface area (Å²) in [6.45, 7) is 4.18. The number of allylic oxidation sites excluding steroid dienone is 2. The van der Waals surface area contributed by atoms with Crippen LogP contribution in [0.5, 0.6) is 0 Å². The molecule has 5 rings (SSSR count). The Balaban J connectivity index is 1.46. The lowest BCUT2D eigenvalue weighted by atomic mass is 9.94. The van der Waals surface area contributed by atoms with Crippen molar-refractivity contribution >= 4 is 11.9 Å². The van der Waals surface area contributed by atoms with Gasteiger partial charge in [-0.25, -0.2) is 5.10 Å². The van der Waals surface area contributed by atoms with Crippen LogP contribution in [0.15, 0.2) is 76.7 Å².